The average molecular weight is 540 g/mol. The van der Waals surface area contributed by atoms with Crippen molar-refractivity contribution >= 4 is 23.1 Å². The van der Waals surface area contributed by atoms with Crippen LogP contribution >= 0.6 is 11.3 Å². The van der Waals surface area contributed by atoms with Gasteiger partial charge < -0.3 is 15.7 Å². The van der Waals surface area contributed by atoms with Crippen molar-refractivity contribution in [2.75, 3.05) is 18.4 Å². The smallest absolute Gasteiger partial charge is 0.389 e. The van der Waals surface area contributed by atoms with Crippen molar-refractivity contribution in [3.05, 3.63) is 28.5 Å². The van der Waals surface area contributed by atoms with Gasteiger partial charge in [0, 0.05) is 36.9 Å². The fourth-order valence-corrected chi connectivity index (χ4v) is 5.98. The van der Waals surface area contributed by atoms with E-state index in [1.807, 2.05) is 0 Å². The monoisotopic (exact) mass is 539 g/mol. The Kier molecular flexibility index (Phi) is 8.45. The second-order valence-electron chi connectivity index (χ2n) is 10.8. The lowest BCUT2D eigenvalue weighted by Gasteiger charge is -2.24. The normalized spacial score (nSPS) is 19.8. The minimum atomic E-state index is -4.60. The van der Waals surface area contributed by atoms with Gasteiger partial charge in [-0.05, 0) is 59.1 Å². The van der Waals surface area contributed by atoms with Gasteiger partial charge in [-0.1, -0.05) is 19.3 Å². The molecule has 0 aromatic carbocycles. The third-order valence-corrected chi connectivity index (χ3v) is 8.16. The first kappa shape index (κ1) is 27.8. The van der Waals surface area contributed by atoms with Gasteiger partial charge in [-0.25, -0.2) is 9.97 Å². The van der Waals surface area contributed by atoms with Crippen molar-refractivity contribution in [1.29, 1.82) is 0 Å². The maximum Gasteiger partial charge on any atom is 0.417 e. The van der Waals surface area contributed by atoms with E-state index in [4.69, 9.17) is 0 Å². The molecule has 3 N–H and O–H groups in total. The molecule has 2 aliphatic rings. The van der Waals surface area contributed by atoms with Gasteiger partial charge in [0.15, 0.2) is 5.01 Å². The molecule has 1 aliphatic carbocycles. The third kappa shape index (κ3) is 7.20. The second kappa shape index (κ2) is 11.2. The van der Waals surface area contributed by atoms with Crippen LogP contribution in [0.2, 0.25) is 0 Å². The van der Waals surface area contributed by atoms with Gasteiger partial charge in [-0.15, -0.1) is 11.3 Å². The standard InChI is InChI=1S/C26H36F3N5O2S/c1-16-8-7-11-34(16)14-20-22(37-24(33-20)23(35)31-15-25(2,3)36)18-13-30-21(12-19(18)26(27,28)29)32-17-9-5-4-6-10-17/h12-13,16-17,36H,4-11,14-15H2,1-3H3,(H,30,32)(H,31,35)/t16-/m0/s1. The van der Waals surface area contributed by atoms with Crippen LogP contribution in [0.25, 0.3) is 10.4 Å². The third-order valence-electron chi connectivity index (χ3n) is 7.03. The van der Waals surface area contributed by atoms with E-state index in [0.29, 0.717) is 17.1 Å². The van der Waals surface area contributed by atoms with Gasteiger partial charge in [-0.3, -0.25) is 9.69 Å². The summed E-state index contributed by atoms with van der Waals surface area (Å²) in [5, 5.41) is 15.8. The highest BCUT2D eigenvalue weighted by Crippen LogP contribution is 2.42. The molecule has 1 amide bonds. The van der Waals surface area contributed by atoms with E-state index in [0.717, 1.165) is 68.9 Å². The molecule has 0 spiro atoms. The average Bonchev–Trinajstić information content (AvgIpc) is 3.43. The number of carbonyl (C=O) groups is 1. The first-order valence-electron chi connectivity index (χ1n) is 13.0. The highest BCUT2D eigenvalue weighted by Gasteiger charge is 2.37. The molecule has 4 rings (SSSR count). The highest BCUT2D eigenvalue weighted by atomic mass is 32.1. The maximum absolute atomic E-state index is 14.3. The van der Waals surface area contributed by atoms with E-state index in [-0.39, 0.29) is 35.0 Å². The van der Waals surface area contributed by atoms with Crippen molar-refractivity contribution < 1.29 is 23.1 Å². The number of rotatable bonds is 8. The zero-order valence-corrected chi connectivity index (χ0v) is 22.4. The van der Waals surface area contributed by atoms with E-state index >= 15 is 0 Å². The lowest BCUT2D eigenvalue weighted by Crippen LogP contribution is -2.38. The SMILES string of the molecule is C[C@H]1CCCN1Cc1nc(C(=O)NCC(C)(C)O)sc1-c1cnc(NC2CCCCC2)cc1C(F)(F)F. The number of alkyl halides is 3. The summed E-state index contributed by atoms with van der Waals surface area (Å²) in [6, 6.07) is 1.49. The Morgan fingerprint density at radius 2 is 1.92 bits per heavy atom. The molecule has 0 unspecified atom stereocenters. The minimum Gasteiger partial charge on any atom is -0.389 e. The van der Waals surface area contributed by atoms with E-state index in [2.05, 4.69) is 32.4 Å². The number of hydrogen-bond acceptors (Lipinski definition) is 7. The molecule has 1 atom stereocenters. The van der Waals surface area contributed by atoms with Gasteiger partial charge in [0.2, 0.25) is 0 Å². The molecule has 37 heavy (non-hydrogen) atoms. The van der Waals surface area contributed by atoms with Crippen LogP contribution < -0.4 is 10.6 Å². The van der Waals surface area contributed by atoms with Crippen LogP contribution in [0.5, 0.6) is 0 Å². The first-order chi connectivity index (χ1) is 17.4. The van der Waals surface area contributed by atoms with Gasteiger partial charge in [0.25, 0.3) is 5.91 Å². The number of amides is 1. The first-order valence-corrected chi connectivity index (χ1v) is 13.8. The molecule has 11 heteroatoms. The summed E-state index contributed by atoms with van der Waals surface area (Å²) in [7, 11) is 0. The molecule has 1 saturated carbocycles. The van der Waals surface area contributed by atoms with Crippen LogP contribution in [0.1, 0.15) is 86.8 Å². The zero-order chi connectivity index (χ0) is 26.8. The number of halogens is 3. The van der Waals surface area contributed by atoms with E-state index in [9.17, 15) is 23.1 Å². The number of likely N-dealkylation sites (tertiary alicyclic amines) is 1. The Hall–Kier alpha value is -2.24. The molecule has 1 saturated heterocycles. The summed E-state index contributed by atoms with van der Waals surface area (Å²) >= 11 is 0.936. The number of anilines is 1. The molecular formula is C26H36F3N5O2S. The number of aromatic nitrogens is 2. The number of thiazole rings is 1. The van der Waals surface area contributed by atoms with Gasteiger partial charge >= 0.3 is 6.18 Å². The van der Waals surface area contributed by atoms with Crippen LogP contribution in [0, 0.1) is 0 Å². The van der Waals surface area contributed by atoms with Crippen molar-refractivity contribution in [3.63, 3.8) is 0 Å². The molecule has 0 bridgehead atoms. The fourth-order valence-electron chi connectivity index (χ4n) is 4.96. The molecule has 0 radical (unpaired) electrons. The Morgan fingerprint density at radius 3 is 2.54 bits per heavy atom. The number of carbonyl (C=O) groups excluding carboxylic acids is 1. The summed E-state index contributed by atoms with van der Waals surface area (Å²) in [6.07, 6.45) is 3.77. The number of aliphatic hydroxyl groups is 1. The van der Waals surface area contributed by atoms with E-state index in [1.54, 1.807) is 13.8 Å². The molecule has 2 aromatic rings. The quantitative estimate of drug-likeness (QED) is 0.413. The van der Waals surface area contributed by atoms with Crippen LogP contribution in [-0.4, -0.2) is 56.7 Å². The second-order valence-corrected chi connectivity index (χ2v) is 11.8. The van der Waals surface area contributed by atoms with Crippen LogP contribution in [-0.2, 0) is 12.7 Å². The fraction of sp³-hybridized carbons (Fsp3) is 0.654. The predicted octanol–water partition coefficient (Wildman–Crippen LogP) is 5.45. The Morgan fingerprint density at radius 1 is 1.19 bits per heavy atom. The van der Waals surface area contributed by atoms with Crippen molar-refractivity contribution in [3.8, 4) is 10.4 Å². The van der Waals surface area contributed by atoms with Crippen LogP contribution in [0.3, 0.4) is 0 Å². The number of pyridine rings is 1. The van der Waals surface area contributed by atoms with E-state index < -0.39 is 23.2 Å². The molecule has 2 fully saturated rings. The van der Waals surface area contributed by atoms with Gasteiger partial charge in [0.05, 0.1) is 21.7 Å². The van der Waals surface area contributed by atoms with Gasteiger partial charge in [-0.2, -0.15) is 13.2 Å². The topological polar surface area (TPSA) is 90.4 Å². The van der Waals surface area contributed by atoms with E-state index in [1.165, 1.54) is 6.20 Å². The summed E-state index contributed by atoms with van der Waals surface area (Å²) in [5.41, 5.74) is -1.54. The summed E-state index contributed by atoms with van der Waals surface area (Å²) < 4.78 is 43.0. The summed E-state index contributed by atoms with van der Waals surface area (Å²) in [6.45, 7) is 6.38. The highest BCUT2D eigenvalue weighted by molar-refractivity contribution is 7.17. The molecule has 3 heterocycles. The molecule has 204 valence electrons. The number of hydrogen-bond donors (Lipinski definition) is 3. The Labute approximate surface area is 219 Å². The van der Waals surface area contributed by atoms with Crippen molar-refractivity contribution in [1.82, 2.24) is 20.2 Å². The Bertz CT molecular complexity index is 1090. The van der Waals surface area contributed by atoms with Crippen LogP contribution in [0.15, 0.2) is 12.3 Å². The van der Waals surface area contributed by atoms with Crippen molar-refractivity contribution in [2.45, 2.75) is 96.1 Å². The lowest BCUT2D eigenvalue weighted by molar-refractivity contribution is -0.137. The van der Waals surface area contributed by atoms with Crippen LogP contribution in [0.4, 0.5) is 19.0 Å². The number of nitrogens with zero attached hydrogens (tertiary/aromatic N) is 3. The van der Waals surface area contributed by atoms with Gasteiger partial charge in [0.1, 0.15) is 5.82 Å². The zero-order valence-electron chi connectivity index (χ0n) is 21.6. The molecule has 2 aromatic heterocycles. The Balaban J connectivity index is 1.70. The molecular weight excluding hydrogens is 503 g/mol. The minimum absolute atomic E-state index is 0.00384. The summed E-state index contributed by atoms with van der Waals surface area (Å²) in [5.74, 6) is -0.309. The maximum atomic E-state index is 14.3. The largest absolute Gasteiger partial charge is 0.417 e. The number of nitrogens with one attached hydrogen (secondary N) is 2. The molecule has 7 nitrogen and oxygen atoms in total. The predicted molar refractivity (Wildman–Crippen MR) is 139 cm³/mol. The van der Waals surface area contributed by atoms with Crippen molar-refractivity contribution in [2.24, 2.45) is 0 Å². The lowest BCUT2D eigenvalue weighted by atomic mass is 9.95. The summed E-state index contributed by atoms with van der Waals surface area (Å²) in [4.78, 5) is 24.1. The molecule has 1 aliphatic heterocycles.